The van der Waals surface area contributed by atoms with E-state index in [1.807, 2.05) is 19.3 Å². The standard InChI is InChI=1S/C16H27N5O/c1-13-9-17-16(18-10-13)21-5-4-20-12-15(8-14(20)11-21)22-7-6-19(2)3/h9-10,14-15H,4-8,11-12H2,1-3H3/t14-,15-/m1/s1. The molecule has 0 N–H and O–H groups in total. The molecule has 6 heteroatoms. The van der Waals surface area contributed by atoms with Gasteiger partial charge in [-0.1, -0.05) is 0 Å². The van der Waals surface area contributed by atoms with Crippen LogP contribution in [0.3, 0.4) is 0 Å². The molecule has 22 heavy (non-hydrogen) atoms. The van der Waals surface area contributed by atoms with E-state index in [1.165, 1.54) is 0 Å². The van der Waals surface area contributed by atoms with Gasteiger partial charge in [0.2, 0.25) is 5.95 Å². The number of hydrogen-bond acceptors (Lipinski definition) is 6. The van der Waals surface area contributed by atoms with Gasteiger partial charge in [0.15, 0.2) is 0 Å². The maximum atomic E-state index is 6.03. The van der Waals surface area contributed by atoms with Crippen LogP contribution in [0.25, 0.3) is 0 Å². The highest BCUT2D eigenvalue weighted by Gasteiger charge is 2.37. The van der Waals surface area contributed by atoms with Crippen LogP contribution in [-0.2, 0) is 4.74 Å². The van der Waals surface area contributed by atoms with Crippen LogP contribution in [0.4, 0.5) is 5.95 Å². The van der Waals surface area contributed by atoms with Crippen LogP contribution in [0.15, 0.2) is 12.4 Å². The molecule has 3 heterocycles. The SMILES string of the molecule is Cc1cnc(N2CCN3C[C@H](OCCN(C)C)C[C@@H]3C2)nc1. The first kappa shape index (κ1) is 15.6. The third kappa shape index (κ3) is 3.74. The van der Waals surface area contributed by atoms with E-state index in [1.54, 1.807) is 0 Å². The Morgan fingerprint density at radius 3 is 2.73 bits per heavy atom. The lowest BCUT2D eigenvalue weighted by Crippen LogP contribution is -2.50. The summed E-state index contributed by atoms with van der Waals surface area (Å²) < 4.78 is 6.03. The third-order valence-corrected chi connectivity index (χ3v) is 4.52. The molecule has 2 atom stereocenters. The molecule has 1 aromatic rings. The van der Waals surface area contributed by atoms with Gasteiger partial charge in [0.1, 0.15) is 0 Å². The Bertz CT molecular complexity index is 478. The zero-order valence-corrected chi connectivity index (χ0v) is 13.9. The average Bonchev–Trinajstić information content (AvgIpc) is 2.89. The van der Waals surface area contributed by atoms with Gasteiger partial charge in [-0.15, -0.1) is 0 Å². The zero-order chi connectivity index (χ0) is 15.5. The topological polar surface area (TPSA) is 44.7 Å². The average molecular weight is 305 g/mol. The van der Waals surface area contributed by atoms with E-state index < -0.39 is 0 Å². The third-order valence-electron chi connectivity index (χ3n) is 4.52. The molecule has 2 fully saturated rings. The van der Waals surface area contributed by atoms with Crippen LogP contribution in [0.1, 0.15) is 12.0 Å². The smallest absolute Gasteiger partial charge is 0.225 e. The maximum absolute atomic E-state index is 6.03. The molecule has 0 spiro atoms. The van der Waals surface area contributed by atoms with E-state index in [4.69, 9.17) is 4.74 Å². The first-order valence-corrected chi connectivity index (χ1v) is 8.16. The second-order valence-corrected chi connectivity index (χ2v) is 6.69. The Balaban J connectivity index is 1.52. The van der Waals surface area contributed by atoms with E-state index >= 15 is 0 Å². The second-order valence-electron chi connectivity index (χ2n) is 6.69. The molecule has 0 bridgehead atoms. The highest BCUT2D eigenvalue weighted by atomic mass is 16.5. The molecule has 0 radical (unpaired) electrons. The lowest BCUT2D eigenvalue weighted by molar-refractivity contribution is 0.0501. The molecule has 0 saturated carbocycles. The van der Waals surface area contributed by atoms with E-state index in [2.05, 4.69) is 38.8 Å². The van der Waals surface area contributed by atoms with Gasteiger partial charge in [-0.05, 0) is 33.0 Å². The van der Waals surface area contributed by atoms with E-state index in [9.17, 15) is 0 Å². The first-order chi connectivity index (χ1) is 10.6. The number of likely N-dealkylation sites (N-methyl/N-ethyl adjacent to an activating group) is 1. The fraction of sp³-hybridized carbons (Fsp3) is 0.750. The Kier molecular flexibility index (Phi) is 4.90. The van der Waals surface area contributed by atoms with Gasteiger partial charge in [-0.2, -0.15) is 0 Å². The number of aromatic nitrogens is 2. The highest BCUT2D eigenvalue weighted by molar-refractivity contribution is 5.31. The molecule has 3 rings (SSSR count). The molecule has 122 valence electrons. The second kappa shape index (κ2) is 6.89. The lowest BCUT2D eigenvalue weighted by atomic mass is 10.1. The van der Waals surface area contributed by atoms with Crippen molar-refractivity contribution >= 4 is 5.95 Å². The van der Waals surface area contributed by atoms with Crippen molar-refractivity contribution in [3.63, 3.8) is 0 Å². The summed E-state index contributed by atoms with van der Waals surface area (Å²) >= 11 is 0. The van der Waals surface area contributed by atoms with Crippen LogP contribution in [0.5, 0.6) is 0 Å². The molecule has 0 aromatic carbocycles. The Morgan fingerprint density at radius 1 is 1.23 bits per heavy atom. The molecule has 0 amide bonds. The zero-order valence-electron chi connectivity index (χ0n) is 13.9. The molecule has 2 saturated heterocycles. The van der Waals surface area contributed by atoms with Crippen LogP contribution < -0.4 is 4.90 Å². The molecule has 2 aliphatic heterocycles. The predicted octanol–water partition coefficient (Wildman–Crippen LogP) is 0.626. The van der Waals surface area contributed by atoms with Crippen LogP contribution >= 0.6 is 0 Å². The molecule has 6 nitrogen and oxygen atoms in total. The van der Waals surface area contributed by atoms with Crippen molar-refractivity contribution in [2.45, 2.75) is 25.5 Å². The van der Waals surface area contributed by atoms with E-state index in [0.29, 0.717) is 12.1 Å². The molecular weight excluding hydrogens is 278 g/mol. The fourth-order valence-electron chi connectivity index (χ4n) is 3.25. The Labute approximate surface area is 133 Å². The van der Waals surface area contributed by atoms with E-state index in [-0.39, 0.29) is 0 Å². The van der Waals surface area contributed by atoms with E-state index in [0.717, 1.165) is 57.3 Å². The summed E-state index contributed by atoms with van der Waals surface area (Å²) in [5.74, 6) is 0.863. The Hall–Kier alpha value is -1.24. The fourth-order valence-corrected chi connectivity index (χ4v) is 3.25. The van der Waals surface area contributed by atoms with Crippen molar-refractivity contribution in [2.75, 3.05) is 58.3 Å². The molecular formula is C16H27N5O. The summed E-state index contributed by atoms with van der Waals surface area (Å²) in [4.78, 5) is 16.0. The van der Waals surface area contributed by atoms with Crippen molar-refractivity contribution in [1.82, 2.24) is 19.8 Å². The number of fused-ring (bicyclic) bond motifs is 1. The van der Waals surface area contributed by atoms with Crippen molar-refractivity contribution in [3.8, 4) is 0 Å². The van der Waals surface area contributed by atoms with Crippen LogP contribution in [0.2, 0.25) is 0 Å². The van der Waals surface area contributed by atoms with Gasteiger partial charge < -0.3 is 14.5 Å². The van der Waals surface area contributed by atoms with Gasteiger partial charge >= 0.3 is 0 Å². The van der Waals surface area contributed by atoms with Crippen LogP contribution in [-0.4, -0.2) is 85.3 Å². The minimum Gasteiger partial charge on any atom is -0.375 e. The quantitative estimate of drug-likeness (QED) is 0.795. The monoisotopic (exact) mass is 305 g/mol. The molecule has 2 aliphatic rings. The summed E-state index contributed by atoms with van der Waals surface area (Å²) in [5.41, 5.74) is 1.11. The van der Waals surface area contributed by atoms with Crippen molar-refractivity contribution in [1.29, 1.82) is 0 Å². The number of piperazine rings is 1. The van der Waals surface area contributed by atoms with Gasteiger partial charge in [-0.25, -0.2) is 9.97 Å². The number of rotatable bonds is 5. The van der Waals surface area contributed by atoms with Crippen molar-refractivity contribution in [2.24, 2.45) is 0 Å². The minimum absolute atomic E-state index is 0.379. The summed E-state index contributed by atoms with van der Waals surface area (Å²) in [6.45, 7) is 8.00. The summed E-state index contributed by atoms with van der Waals surface area (Å²) in [6.07, 6.45) is 5.30. The maximum Gasteiger partial charge on any atom is 0.225 e. The lowest BCUT2D eigenvalue weighted by Gasteiger charge is -2.37. The number of aryl methyl sites for hydroxylation is 1. The predicted molar refractivity (Wildman–Crippen MR) is 87.3 cm³/mol. The summed E-state index contributed by atoms with van der Waals surface area (Å²) in [7, 11) is 4.17. The number of ether oxygens (including phenoxy) is 1. The van der Waals surface area contributed by atoms with Gasteiger partial charge in [-0.3, -0.25) is 4.90 Å². The Morgan fingerprint density at radius 2 is 2.00 bits per heavy atom. The number of nitrogens with zero attached hydrogens (tertiary/aromatic N) is 5. The van der Waals surface area contributed by atoms with Crippen molar-refractivity contribution in [3.05, 3.63) is 18.0 Å². The first-order valence-electron chi connectivity index (χ1n) is 8.16. The van der Waals surface area contributed by atoms with Crippen LogP contribution in [0, 0.1) is 6.92 Å². The molecule has 1 aromatic heterocycles. The number of anilines is 1. The molecule has 0 unspecified atom stereocenters. The van der Waals surface area contributed by atoms with Crippen molar-refractivity contribution < 1.29 is 4.74 Å². The van der Waals surface area contributed by atoms with Gasteiger partial charge in [0.05, 0.1) is 12.7 Å². The van der Waals surface area contributed by atoms with Gasteiger partial charge in [0.25, 0.3) is 0 Å². The minimum atomic E-state index is 0.379. The number of hydrogen-bond donors (Lipinski definition) is 0. The highest BCUT2D eigenvalue weighted by Crippen LogP contribution is 2.25. The summed E-state index contributed by atoms with van der Waals surface area (Å²) in [5, 5.41) is 0. The summed E-state index contributed by atoms with van der Waals surface area (Å²) in [6, 6.07) is 0.572. The normalized spacial score (nSPS) is 25.7. The largest absolute Gasteiger partial charge is 0.375 e. The van der Waals surface area contributed by atoms with Gasteiger partial charge in [0, 0.05) is 51.2 Å². The molecule has 0 aliphatic carbocycles.